The van der Waals surface area contributed by atoms with Gasteiger partial charge in [0.25, 0.3) is 0 Å². The van der Waals surface area contributed by atoms with Crippen molar-refractivity contribution in [3.63, 3.8) is 0 Å². The van der Waals surface area contributed by atoms with Crippen molar-refractivity contribution in [3.05, 3.63) is 24.0 Å². The van der Waals surface area contributed by atoms with E-state index in [1.165, 1.54) is 0 Å². The van der Waals surface area contributed by atoms with Crippen molar-refractivity contribution in [2.24, 2.45) is 0 Å². The molecular weight excluding hydrogens is 224 g/mol. The highest BCUT2D eigenvalue weighted by Crippen LogP contribution is 2.09. The summed E-state index contributed by atoms with van der Waals surface area (Å²) < 4.78 is 5.26. The molecule has 18 heavy (non-hydrogen) atoms. The lowest BCUT2D eigenvalue weighted by Gasteiger charge is -2.11. The average molecular weight is 256 g/mol. The van der Waals surface area contributed by atoms with Gasteiger partial charge in [-0.15, -0.1) is 0 Å². The van der Waals surface area contributed by atoms with Gasteiger partial charge in [0.15, 0.2) is 0 Å². The molecule has 0 amide bonds. The molecule has 0 saturated carbocycles. The van der Waals surface area contributed by atoms with Crippen molar-refractivity contribution in [1.29, 1.82) is 0 Å². The van der Waals surface area contributed by atoms with Gasteiger partial charge in [-0.2, -0.15) is 0 Å². The van der Waals surface area contributed by atoms with Crippen molar-refractivity contribution >= 4 is 0 Å². The van der Waals surface area contributed by atoms with Crippen LogP contribution in [0.1, 0.15) is 41.0 Å². The van der Waals surface area contributed by atoms with E-state index in [1.807, 2.05) is 26.8 Å². The van der Waals surface area contributed by atoms with Gasteiger partial charge in [-0.3, -0.25) is 0 Å². The zero-order chi connectivity index (χ0) is 12.8. The normalized spacial score (nSPS) is 16.9. The lowest BCUT2D eigenvalue weighted by Crippen LogP contribution is -2.39. The summed E-state index contributed by atoms with van der Waals surface area (Å²) in [6.45, 7) is 11.3. The van der Waals surface area contributed by atoms with Crippen LogP contribution in [0.15, 0.2) is 24.0 Å². The number of piperazine rings is 1. The molecule has 108 valence electrons. The van der Waals surface area contributed by atoms with E-state index in [9.17, 15) is 0 Å². The summed E-state index contributed by atoms with van der Waals surface area (Å²) >= 11 is 0. The van der Waals surface area contributed by atoms with E-state index in [0.717, 1.165) is 51.4 Å². The van der Waals surface area contributed by atoms with Gasteiger partial charge in [0.1, 0.15) is 5.76 Å². The third-order valence-corrected chi connectivity index (χ3v) is 2.23. The second-order valence-electron chi connectivity index (χ2n) is 3.52. The third kappa shape index (κ3) is 11.7. The van der Waals surface area contributed by atoms with Crippen molar-refractivity contribution in [3.8, 4) is 0 Å². The summed E-state index contributed by atoms with van der Waals surface area (Å²) in [4.78, 5) is 0. The maximum absolute atomic E-state index is 5.26. The molecule has 2 aliphatic rings. The third-order valence-electron chi connectivity index (χ3n) is 2.23. The molecule has 1 saturated heterocycles. The Morgan fingerprint density at radius 3 is 1.94 bits per heavy atom. The van der Waals surface area contributed by atoms with Gasteiger partial charge in [0.05, 0.1) is 6.61 Å². The Labute approximate surface area is 114 Å². The van der Waals surface area contributed by atoms with Gasteiger partial charge in [-0.25, -0.2) is 0 Å². The van der Waals surface area contributed by atoms with Crippen molar-refractivity contribution in [2.45, 2.75) is 41.0 Å². The summed E-state index contributed by atoms with van der Waals surface area (Å²) in [5.41, 5.74) is 0. The minimum absolute atomic E-state index is 0. The van der Waals surface area contributed by atoms with Gasteiger partial charge < -0.3 is 15.4 Å². The second kappa shape index (κ2) is 16.2. The molecule has 0 radical (unpaired) electrons. The van der Waals surface area contributed by atoms with Crippen LogP contribution in [0.2, 0.25) is 0 Å². The monoisotopic (exact) mass is 256 g/mol. The van der Waals surface area contributed by atoms with Crippen LogP contribution >= 0.6 is 0 Å². The summed E-state index contributed by atoms with van der Waals surface area (Å²) in [5, 5.41) is 6.44. The van der Waals surface area contributed by atoms with Crippen molar-refractivity contribution < 1.29 is 4.74 Å². The Bertz CT molecular complexity index is 197. The number of hydrogen-bond acceptors (Lipinski definition) is 3. The van der Waals surface area contributed by atoms with Crippen LogP contribution < -0.4 is 10.6 Å². The molecular formula is C15H32N2O. The summed E-state index contributed by atoms with van der Waals surface area (Å²) in [7, 11) is 0. The summed E-state index contributed by atoms with van der Waals surface area (Å²) in [6.07, 6.45) is 8.60. The molecule has 3 nitrogen and oxygen atoms in total. The number of nitrogens with one attached hydrogen (secondary N) is 2. The quantitative estimate of drug-likeness (QED) is 0.796. The SMILES string of the molecule is C.C1CNCCN1.CC.CCOC1=CCCC=C1. The lowest BCUT2D eigenvalue weighted by molar-refractivity contribution is 0.240. The first-order valence-corrected chi connectivity index (χ1v) is 6.84. The molecule has 0 atom stereocenters. The van der Waals surface area contributed by atoms with Crippen LogP contribution in [0.5, 0.6) is 0 Å². The van der Waals surface area contributed by atoms with E-state index in [2.05, 4.69) is 22.8 Å². The van der Waals surface area contributed by atoms with Crippen molar-refractivity contribution in [2.75, 3.05) is 32.8 Å². The van der Waals surface area contributed by atoms with Gasteiger partial charge in [-0.05, 0) is 31.9 Å². The number of allylic oxidation sites excluding steroid dienone is 3. The molecule has 2 rings (SSSR count). The van der Waals surface area contributed by atoms with E-state index < -0.39 is 0 Å². The molecule has 1 aliphatic heterocycles. The minimum Gasteiger partial charge on any atom is -0.494 e. The zero-order valence-electron chi connectivity index (χ0n) is 11.6. The molecule has 1 heterocycles. The fourth-order valence-electron chi connectivity index (χ4n) is 1.47. The predicted octanol–water partition coefficient (Wildman–Crippen LogP) is 3.10. The Morgan fingerprint density at radius 2 is 1.61 bits per heavy atom. The lowest BCUT2D eigenvalue weighted by atomic mass is 10.2. The Hall–Kier alpha value is -0.800. The molecule has 1 fully saturated rings. The molecule has 0 bridgehead atoms. The topological polar surface area (TPSA) is 33.3 Å². The van der Waals surface area contributed by atoms with E-state index in [1.54, 1.807) is 0 Å². The molecule has 0 aromatic rings. The van der Waals surface area contributed by atoms with Crippen LogP contribution in [0.4, 0.5) is 0 Å². The van der Waals surface area contributed by atoms with Crippen molar-refractivity contribution in [1.82, 2.24) is 10.6 Å². The summed E-state index contributed by atoms with van der Waals surface area (Å²) in [6, 6.07) is 0. The fraction of sp³-hybridized carbons (Fsp3) is 0.733. The van der Waals surface area contributed by atoms with Crippen LogP contribution in [-0.4, -0.2) is 32.8 Å². The summed E-state index contributed by atoms with van der Waals surface area (Å²) in [5.74, 6) is 1.03. The van der Waals surface area contributed by atoms with Gasteiger partial charge in [0, 0.05) is 26.2 Å². The second-order valence-corrected chi connectivity index (χ2v) is 3.52. The molecule has 0 aromatic carbocycles. The highest BCUT2D eigenvalue weighted by Gasteiger charge is 1.94. The molecule has 2 N–H and O–H groups in total. The molecule has 1 aliphatic carbocycles. The molecule has 0 aromatic heterocycles. The Kier molecular flexibility index (Phi) is 17.6. The minimum atomic E-state index is 0. The zero-order valence-corrected chi connectivity index (χ0v) is 11.6. The van der Waals surface area contributed by atoms with E-state index in [4.69, 9.17) is 4.74 Å². The van der Waals surface area contributed by atoms with Crippen LogP contribution in [0.25, 0.3) is 0 Å². The standard InChI is InChI=1S/C8H12O.C4H10N2.C2H6.CH4/c1-2-9-8-6-4-3-5-7-8;1-2-6-4-3-5-1;1-2;/h4,6-7H,2-3,5H2,1H3;5-6H,1-4H2;1-2H3;1H4. The largest absolute Gasteiger partial charge is 0.494 e. The van der Waals surface area contributed by atoms with Crippen LogP contribution in [-0.2, 0) is 4.74 Å². The predicted molar refractivity (Wildman–Crippen MR) is 81.9 cm³/mol. The average Bonchev–Trinajstić information content (AvgIpc) is 2.45. The highest BCUT2D eigenvalue weighted by atomic mass is 16.5. The molecule has 0 unspecified atom stereocenters. The van der Waals surface area contributed by atoms with E-state index in [0.29, 0.717) is 0 Å². The number of ether oxygens (including phenoxy) is 1. The highest BCUT2D eigenvalue weighted by molar-refractivity contribution is 5.15. The Morgan fingerprint density at radius 1 is 1.06 bits per heavy atom. The van der Waals surface area contributed by atoms with E-state index in [-0.39, 0.29) is 7.43 Å². The van der Waals surface area contributed by atoms with Gasteiger partial charge in [-0.1, -0.05) is 27.4 Å². The number of rotatable bonds is 2. The van der Waals surface area contributed by atoms with E-state index >= 15 is 0 Å². The van der Waals surface area contributed by atoms with Gasteiger partial charge >= 0.3 is 0 Å². The Balaban J connectivity index is 0. The molecule has 0 spiro atoms. The first-order valence-electron chi connectivity index (χ1n) is 6.84. The first-order chi connectivity index (χ1) is 8.43. The fourth-order valence-corrected chi connectivity index (χ4v) is 1.47. The van der Waals surface area contributed by atoms with Gasteiger partial charge in [0.2, 0.25) is 0 Å². The number of hydrogen-bond donors (Lipinski definition) is 2. The maximum atomic E-state index is 5.26. The molecule has 3 heteroatoms. The maximum Gasteiger partial charge on any atom is 0.114 e. The first kappa shape index (κ1) is 19.5. The van der Waals surface area contributed by atoms with Crippen LogP contribution in [0.3, 0.4) is 0 Å². The van der Waals surface area contributed by atoms with Crippen LogP contribution in [0, 0.1) is 0 Å². The smallest absolute Gasteiger partial charge is 0.114 e.